The van der Waals surface area contributed by atoms with Gasteiger partial charge in [0.05, 0.1) is 24.4 Å². The Morgan fingerprint density at radius 2 is 1.74 bits per heavy atom. The van der Waals surface area contributed by atoms with Crippen LogP contribution in [-0.4, -0.2) is 50.3 Å². The van der Waals surface area contributed by atoms with Crippen LogP contribution in [0.3, 0.4) is 0 Å². The maximum Gasteiger partial charge on any atom is 0.278 e. The van der Waals surface area contributed by atoms with Crippen LogP contribution in [-0.2, 0) is 10.2 Å². The van der Waals surface area contributed by atoms with Crippen molar-refractivity contribution >= 4 is 11.8 Å². The van der Waals surface area contributed by atoms with Crippen LogP contribution in [0.5, 0.6) is 0 Å². The molecule has 3 heterocycles. The summed E-state index contributed by atoms with van der Waals surface area (Å²) >= 11 is 0. The molecular weight excluding hydrogens is 432 g/mol. The van der Waals surface area contributed by atoms with Crippen LogP contribution >= 0.6 is 0 Å². The summed E-state index contributed by atoms with van der Waals surface area (Å²) in [4.78, 5) is 21.6. The van der Waals surface area contributed by atoms with Gasteiger partial charge in [-0.2, -0.15) is 4.98 Å². The first-order chi connectivity index (χ1) is 16.4. The number of nitrogens with one attached hydrogen (secondary N) is 1. The molecule has 0 unspecified atom stereocenters. The number of hydrogen-bond donors (Lipinski definition) is 2. The quantitative estimate of drug-likeness (QED) is 0.356. The molecule has 3 N–H and O–H groups in total. The summed E-state index contributed by atoms with van der Waals surface area (Å²) < 4.78 is 10.6. The van der Waals surface area contributed by atoms with Gasteiger partial charge < -0.3 is 20.3 Å². The van der Waals surface area contributed by atoms with Crippen molar-refractivity contribution in [1.29, 1.82) is 0 Å². The minimum atomic E-state index is -0.479. The lowest BCUT2D eigenvalue weighted by Gasteiger charge is -2.31. The Morgan fingerprint density at radius 1 is 1.00 bits per heavy atom. The first kappa shape index (κ1) is 23.2. The van der Waals surface area contributed by atoms with Crippen molar-refractivity contribution in [3.63, 3.8) is 0 Å². The molecule has 0 spiro atoms. The highest BCUT2D eigenvalue weighted by Crippen LogP contribution is 2.38. The van der Waals surface area contributed by atoms with Gasteiger partial charge in [0.2, 0.25) is 5.95 Å². The van der Waals surface area contributed by atoms with Gasteiger partial charge in [0.1, 0.15) is 11.5 Å². The van der Waals surface area contributed by atoms with Crippen LogP contribution in [0.1, 0.15) is 32.2 Å². The summed E-state index contributed by atoms with van der Waals surface area (Å²) in [5, 5.41) is 7.45. The van der Waals surface area contributed by atoms with E-state index in [9.17, 15) is 0 Å². The number of methoxy groups -OCH3 is 1. The molecule has 0 saturated carbocycles. The molecule has 0 aliphatic carbocycles. The van der Waals surface area contributed by atoms with Crippen molar-refractivity contribution in [1.82, 2.24) is 30.1 Å². The maximum absolute atomic E-state index is 5.60. The Labute approximate surface area is 198 Å². The van der Waals surface area contributed by atoms with Crippen molar-refractivity contribution in [2.45, 2.75) is 26.2 Å². The highest BCUT2D eigenvalue weighted by atomic mass is 16.5. The SMILES string of the molecule is COCCNc1cnc(-c2nc([C@@](C)(c3ccc(-c4cnc(N)nc4)cc3)C(C)C)no2)cn1. The molecule has 4 rings (SSSR count). The lowest BCUT2D eigenvalue weighted by molar-refractivity contribution is 0.210. The molecular formula is C24H28N8O2. The fourth-order valence-electron chi connectivity index (χ4n) is 3.57. The zero-order valence-corrected chi connectivity index (χ0v) is 19.7. The number of nitrogens with zero attached hydrogens (tertiary/aromatic N) is 6. The van der Waals surface area contributed by atoms with Crippen LogP contribution in [0.15, 0.2) is 53.6 Å². The minimum Gasteiger partial charge on any atom is -0.383 e. The molecule has 176 valence electrons. The molecule has 0 bridgehead atoms. The number of hydrogen-bond acceptors (Lipinski definition) is 10. The van der Waals surface area contributed by atoms with Gasteiger partial charge in [-0.05, 0) is 24.0 Å². The molecule has 3 aromatic heterocycles. The Morgan fingerprint density at radius 3 is 2.35 bits per heavy atom. The van der Waals surface area contributed by atoms with Crippen LogP contribution in [0.25, 0.3) is 22.7 Å². The number of aromatic nitrogens is 6. The van der Waals surface area contributed by atoms with E-state index >= 15 is 0 Å². The zero-order valence-electron chi connectivity index (χ0n) is 19.7. The van der Waals surface area contributed by atoms with Gasteiger partial charge in [0.25, 0.3) is 5.89 Å². The number of rotatable bonds is 9. The van der Waals surface area contributed by atoms with E-state index in [0.29, 0.717) is 36.4 Å². The highest BCUT2D eigenvalue weighted by Gasteiger charge is 2.37. The molecule has 0 aliphatic rings. The van der Waals surface area contributed by atoms with Gasteiger partial charge in [-0.15, -0.1) is 0 Å². The predicted octanol–water partition coefficient (Wildman–Crippen LogP) is 3.59. The van der Waals surface area contributed by atoms with E-state index in [1.54, 1.807) is 31.9 Å². The monoisotopic (exact) mass is 460 g/mol. The largest absolute Gasteiger partial charge is 0.383 e. The van der Waals surface area contributed by atoms with Gasteiger partial charge in [-0.1, -0.05) is 43.3 Å². The molecule has 0 saturated heterocycles. The Hall–Kier alpha value is -3.92. The molecule has 1 aromatic carbocycles. The second-order valence-corrected chi connectivity index (χ2v) is 8.39. The Bertz CT molecular complexity index is 1210. The Kier molecular flexibility index (Phi) is 6.78. The van der Waals surface area contributed by atoms with E-state index in [1.165, 1.54) is 0 Å². The maximum atomic E-state index is 5.60. The highest BCUT2D eigenvalue weighted by molar-refractivity contribution is 5.62. The number of ether oxygens (including phenoxy) is 1. The summed E-state index contributed by atoms with van der Waals surface area (Å²) in [5.74, 6) is 2.02. The summed E-state index contributed by atoms with van der Waals surface area (Å²) in [6.45, 7) is 7.61. The standard InChI is InChI=1S/C24H28N8O2/c1-15(2)24(3,18-7-5-16(6-8-18)17-11-29-23(25)30-12-17)22-31-21(34-32-22)19-13-28-20(14-27-19)26-9-10-33-4/h5-8,11-15H,9-10H2,1-4H3,(H,26,28)(H2,25,29,30)/t24-/m1/s1. The van der Waals surface area contributed by atoms with E-state index in [0.717, 1.165) is 16.7 Å². The van der Waals surface area contributed by atoms with E-state index < -0.39 is 5.41 Å². The summed E-state index contributed by atoms with van der Waals surface area (Å²) in [5.41, 5.74) is 8.60. The van der Waals surface area contributed by atoms with Crippen LogP contribution in [0.4, 0.5) is 11.8 Å². The summed E-state index contributed by atoms with van der Waals surface area (Å²) in [6, 6.07) is 8.21. The van der Waals surface area contributed by atoms with E-state index in [2.05, 4.69) is 63.3 Å². The van der Waals surface area contributed by atoms with Gasteiger partial charge in [-0.3, -0.25) is 0 Å². The van der Waals surface area contributed by atoms with Gasteiger partial charge in [0, 0.05) is 31.6 Å². The average molecular weight is 461 g/mol. The number of nitrogen functional groups attached to an aromatic ring is 1. The second-order valence-electron chi connectivity index (χ2n) is 8.39. The normalized spacial score (nSPS) is 13.1. The van der Waals surface area contributed by atoms with E-state index in [4.69, 9.17) is 20.0 Å². The van der Waals surface area contributed by atoms with E-state index in [1.807, 2.05) is 12.1 Å². The van der Waals surface area contributed by atoms with Crippen LogP contribution in [0, 0.1) is 5.92 Å². The third-order valence-corrected chi connectivity index (χ3v) is 6.02. The van der Waals surface area contributed by atoms with Crippen molar-refractivity contribution in [2.75, 3.05) is 31.3 Å². The Balaban J connectivity index is 1.58. The van der Waals surface area contributed by atoms with Crippen LogP contribution < -0.4 is 11.1 Å². The number of anilines is 2. The smallest absolute Gasteiger partial charge is 0.278 e. The van der Waals surface area contributed by atoms with Crippen molar-refractivity contribution in [2.24, 2.45) is 5.92 Å². The molecule has 10 heteroatoms. The number of nitrogens with two attached hydrogens (primary N) is 1. The molecule has 0 fully saturated rings. The first-order valence-electron chi connectivity index (χ1n) is 11.0. The molecule has 1 atom stereocenters. The third kappa shape index (κ3) is 4.72. The second kappa shape index (κ2) is 9.92. The van der Waals surface area contributed by atoms with Gasteiger partial charge in [-0.25, -0.2) is 19.9 Å². The molecule has 4 aromatic rings. The van der Waals surface area contributed by atoms with E-state index in [-0.39, 0.29) is 11.9 Å². The minimum absolute atomic E-state index is 0.196. The lowest BCUT2D eigenvalue weighted by Crippen LogP contribution is -2.31. The fraction of sp³-hybridized carbons (Fsp3) is 0.333. The summed E-state index contributed by atoms with van der Waals surface area (Å²) in [6.07, 6.45) is 6.67. The zero-order chi connectivity index (χ0) is 24.1. The topological polar surface area (TPSA) is 138 Å². The first-order valence-corrected chi connectivity index (χ1v) is 11.0. The van der Waals surface area contributed by atoms with Gasteiger partial charge in [0.15, 0.2) is 5.82 Å². The molecule has 10 nitrogen and oxygen atoms in total. The predicted molar refractivity (Wildman–Crippen MR) is 129 cm³/mol. The average Bonchev–Trinajstić information content (AvgIpc) is 3.35. The van der Waals surface area contributed by atoms with Crippen LogP contribution in [0.2, 0.25) is 0 Å². The molecule has 0 amide bonds. The van der Waals surface area contributed by atoms with Crippen molar-refractivity contribution in [3.05, 3.63) is 60.4 Å². The number of benzene rings is 1. The van der Waals surface area contributed by atoms with Crippen molar-refractivity contribution in [3.8, 4) is 22.7 Å². The summed E-state index contributed by atoms with van der Waals surface area (Å²) in [7, 11) is 1.65. The molecule has 0 aliphatic heterocycles. The molecule has 34 heavy (non-hydrogen) atoms. The lowest BCUT2D eigenvalue weighted by atomic mass is 9.72. The third-order valence-electron chi connectivity index (χ3n) is 6.02. The molecule has 0 radical (unpaired) electrons. The van der Waals surface area contributed by atoms with Crippen molar-refractivity contribution < 1.29 is 9.26 Å². The van der Waals surface area contributed by atoms with Gasteiger partial charge >= 0.3 is 0 Å². The fourth-order valence-corrected chi connectivity index (χ4v) is 3.57.